The van der Waals surface area contributed by atoms with Crippen LogP contribution in [0.2, 0.25) is 0 Å². The van der Waals surface area contributed by atoms with Gasteiger partial charge < -0.3 is 20.7 Å². The lowest BCUT2D eigenvalue weighted by atomic mass is 9.79. The maximum atomic E-state index is 13.6. The Hall–Kier alpha value is -2.28. The van der Waals surface area contributed by atoms with Crippen LogP contribution in [0.25, 0.3) is 0 Å². The predicted octanol–water partition coefficient (Wildman–Crippen LogP) is 2.57. The van der Waals surface area contributed by atoms with Crippen LogP contribution in [0.15, 0.2) is 29.5 Å². The normalized spacial score (nSPS) is 20.6. The average Bonchev–Trinajstić information content (AvgIpc) is 3.18. The van der Waals surface area contributed by atoms with E-state index >= 15 is 0 Å². The summed E-state index contributed by atoms with van der Waals surface area (Å²) in [4.78, 5) is 38.9. The maximum Gasteiger partial charge on any atom is 0.281 e. The van der Waals surface area contributed by atoms with Crippen molar-refractivity contribution in [3.63, 3.8) is 0 Å². The largest absolute Gasteiger partial charge is 0.394 e. The molecule has 4 N–H and O–H groups in total. The zero-order valence-electron chi connectivity index (χ0n) is 17.0. The number of aromatic nitrogens is 3. The van der Waals surface area contributed by atoms with Crippen molar-refractivity contribution in [3.8, 4) is 0 Å². The van der Waals surface area contributed by atoms with Crippen molar-refractivity contribution in [2.24, 2.45) is 11.8 Å². The number of aliphatic hydroxyl groups excluding tert-OH is 1. The molecule has 1 saturated carbocycles. The van der Waals surface area contributed by atoms with Crippen LogP contribution in [0.3, 0.4) is 0 Å². The summed E-state index contributed by atoms with van der Waals surface area (Å²) in [6, 6.07) is -0.551. The molecule has 0 aliphatic heterocycles. The number of anilines is 1. The Labute approximate surface area is 191 Å². The van der Waals surface area contributed by atoms with Crippen LogP contribution in [-0.2, 0) is 4.79 Å². The van der Waals surface area contributed by atoms with Gasteiger partial charge in [-0.3, -0.25) is 19.1 Å². The average molecular weight is 545 g/mol. The number of halogens is 2. The van der Waals surface area contributed by atoms with Gasteiger partial charge in [-0.15, -0.1) is 0 Å². The molecule has 11 heteroatoms. The van der Waals surface area contributed by atoms with Crippen LogP contribution >= 0.6 is 22.6 Å². The number of rotatable bonds is 7. The van der Waals surface area contributed by atoms with Crippen molar-refractivity contribution >= 4 is 38.1 Å². The Morgan fingerprint density at radius 3 is 2.74 bits per heavy atom. The van der Waals surface area contributed by atoms with Gasteiger partial charge in [-0.2, -0.15) is 5.10 Å². The fourth-order valence-corrected chi connectivity index (χ4v) is 4.31. The molecule has 0 saturated heterocycles. The van der Waals surface area contributed by atoms with Crippen LogP contribution in [0.1, 0.15) is 44.2 Å². The third-order valence-electron chi connectivity index (χ3n) is 5.70. The lowest BCUT2D eigenvalue weighted by molar-refractivity contribution is -0.119. The number of aromatic amines is 1. The molecule has 2 aromatic heterocycles. The number of hydrogen-bond donors (Lipinski definition) is 4. The van der Waals surface area contributed by atoms with E-state index in [0.29, 0.717) is 11.6 Å². The maximum absolute atomic E-state index is 13.6. The van der Waals surface area contributed by atoms with Crippen LogP contribution in [0, 0.1) is 17.7 Å². The van der Waals surface area contributed by atoms with E-state index in [1.54, 1.807) is 22.6 Å². The molecule has 0 spiro atoms. The van der Waals surface area contributed by atoms with Gasteiger partial charge in [-0.05, 0) is 30.7 Å². The van der Waals surface area contributed by atoms with E-state index in [9.17, 15) is 23.9 Å². The molecule has 0 bridgehead atoms. The summed E-state index contributed by atoms with van der Waals surface area (Å²) in [6.07, 6.45) is 7.47. The van der Waals surface area contributed by atoms with Gasteiger partial charge in [-0.1, -0.05) is 19.8 Å². The summed E-state index contributed by atoms with van der Waals surface area (Å²) in [5.74, 6) is -0.350. The van der Waals surface area contributed by atoms with Crippen LogP contribution < -0.4 is 16.2 Å². The Kier molecular flexibility index (Phi) is 7.81. The lowest BCUT2D eigenvalue weighted by Crippen LogP contribution is -2.47. The molecule has 1 aliphatic rings. The Morgan fingerprint density at radius 1 is 1.39 bits per heavy atom. The number of nitrogens with one attached hydrogen (secondary N) is 3. The van der Waals surface area contributed by atoms with E-state index in [0.717, 1.165) is 37.9 Å². The number of carbonyl (C=O) groups excluding carboxylic acids is 2. The molecule has 1 aliphatic carbocycles. The highest BCUT2D eigenvalue weighted by Gasteiger charge is 2.32. The van der Waals surface area contributed by atoms with Gasteiger partial charge in [0.05, 0.1) is 18.5 Å². The second-order valence-corrected chi connectivity index (χ2v) is 8.89. The van der Waals surface area contributed by atoms with Crippen LogP contribution in [0.4, 0.5) is 14.9 Å². The van der Waals surface area contributed by atoms with Gasteiger partial charge in [0.2, 0.25) is 5.91 Å². The predicted molar refractivity (Wildman–Crippen MR) is 121 cm³/mol. The highest BCUT2D eigenvalue weighted by molar-refractivity contribution is 14.1. The lowest BCUT2D eigenvalue weighted by Gasteiger charge is -2.31. The molecule has 2 aromatic rings. The molecule has 9 nitrogen and oxygen atoms in total. The monoisotopic (exact) mass is 545 g/mol. The molecule has 0 radical (unpaired) electrons. The van der Waals surface area contributed by atoms with E-state index in [4.69, 9.17) is 0 Å². The highest BCUT2D eigenvalue weighted by Crippen LogP contribution is 2.31. The first-order chi connectivity index (χ1) is 14.8. The summed E-state index contributed by atoms with van der Waals surface area (Å²) < 4.78 is 14.5. The second-order valence-electron chi connectivity index (χ2n) is 7.91. The molecule has 2 atom stereocenters. The van der Waals surface area contributed by atoms with Gasteiger partial charge in [0, 0.05) is 40.5 Å². The van der Waals surface area contributed by atoms with Gasteiger partial charge >= 0.3 is 0 Å². The van der Waals surface area contributed by atoms with E-state index in [2.05, 4.69) is 27.6 Å². The van der Waals surface area contributed by atoms with Crippen molar-refractivity contribution in [1.82, 2.24) is 20.1 Å². The molecule has 31 heavy (non-hydrogen) atoms. The molecule has 168 valence electrons. The van der Waals surface area contributed by atoms with Crippen molar-refractivity contribution in [2.75, 3.05) is 11.9 Å². The zero-order valence-corrected chi connectivity index (χ0v) is 19.1. The fraction of sp³-hybridized carbons (Fsp3) is 0.500. The number of aliphatic hydroxyl groups is 1. The van der Waals surface area contributed by atoms with E-state index in [1.165, 1.54) is 17.1 Å². The van der Waals surface area contributed by atoms with E-state index in [-0.39, 0.29) is 21.3 Å². The molecule has 1 fully saturated rings. The standard InChI is InChI=1S/C20H25FIN5O4/c1-11-2-4-12(5-3-11)17(26-20(22)31)19(30)25-14-8-24-27(9-14)16(10-28)15-6-13(21)7-23-18(15)29/h6-9,11-12,16-17,28H,2-5,10H2,1H3,(H,23,29)(H,25,30)(H,26,31)/t11?,12?,16?,17-/m0/s1. The SMILES string of the molecule is CC1CCC([C@H](NC(=O)I)C(=O)Nc2cnn(C(CO)c3cc(F)c[nH]c3=O)c2)CC1. The third kappa shape index (κ3) is 5.91. The molecular formula is C20H25FIN5O4. The summed E-state index contributed by atoms with van der Waals surface area (Å²) in [6.45, 7) is 1.69. The van der Waals surface area contributed by atoms with E-state index < -0.39 is 30.1 Å². The smallest absolute Gasteiger partial charge is 0.281 e. The molecular weight excluding hydrogens is 520 g/mol. The quantitative estimate of drug-likeness (QED) is 0.242. The van der Waals surface area contributed by atoms with E-state index in [1.807, 2.05) is 0 Å². The third-order valence-corrected chi connectivity index (χ3v) is 6.01. The Balaban J connectivity index is 1.76. The van der Waals surface area contributed by atoms with Crippen LogP contribution in [0.5, 0.6) is 0 Å². The first kappa shape index (κ1) is 23.4. The first-order valence-corrected chi connectivity index (χ1v) is 11.2. The molecule has 3 rings (SSSR count). The summed E-state index contributed by atoms with van der Waals surface area (Å²) >= 11 is 1.61. The van der Waals surface area contributed by atoms with Crippen LogP contribution in [-0.4, -0.2) is 42.3 Å². The van der Waals surface area contributed by atoms with Gasteiger partial charge in [-0.25, -0.2) is 4.39 Å². The minimum atomic E-state index is -0.922. The Morgan fingerprint density at radius 2 is 2.10 bits per heavy atom. The van der Waals surface area contributed by atoms with Gasteiger partial charge in [0.15, 0.2) is 0 Å². The zero-order chi connectivity index (χ0) is 22.5. The fourth-order valence-electron chi connectivity index (χ4n) is 3.98. The number of nitrogens with zero attached hydrogens (tertiary/aromatic N) is 2. The van der Waals surface area contributed by atoms with Crippen molar-refractivity contribution < 1.29 is 19.1 Å². The van der Waals surface area contributed by atoms with Gasteiger partial charge in [0.1, 0.15) is 17.9 Å². The minimum Gasteiger partial charge on any atom is -0.394 e. The first-order valence-electron chi connectivity index (χ1n) is 10.1. The number of pyridine rings is 1. The summed E-state index contributed by atoms with van der Waals surface area (Å²) in [5, 5.41) is 19.4. The van der Waals surface area contributed by atoms with Crippen molar-refractivity contribution in [2.45, 2.75) is 44.7 Å². The van der Waals surface area contributed by atoms with Crippen molar-refractivity contribution in [3.05, 3.63) is 46.4 Å². The minimum absolute atomic E-state index is 0.00912. The summed E-state index contributed by atoms with van der Waals surface area (Å²) in [5.41, 5.74) is -0.194. The van der Waals surface area contributed by atoms with Crippen molar-refractivity contribution in [1.29, 1.82) is 0 Å². The number of amides is 2. The molecule has 2 heterocycles. The highest BCUT2D eigenvalue weighted by atomic mass is 127. The molecule has 1 unspecified atom stereocenters. The number of hydrogen-bond acceptors (Lipinski definition) is 5. The summed E-state index contributed by atoms with van der Waals surface area (Å²) in [7, 11) is 0. The Bertz CT molecular complexity index is 986. The van der Waals surface area contributed by atoms with Gasteiger partial charge in [0.25, 0.3) is 9.47 Å². The molecule has 2 amide bonds. The number of carbonyl (C=O) groups is 2. The molecule has 0 aromatic carbocycles. The topological polar surface area (TPSA) is 129 Å². The second kappa shape index (κ2) is 10.4. The number of H-pyrrole nitrogens is 1.